The molecule has 0 N–H and O–H groups in total. The lowest BCUT2D eigenvalue weighted by Crippen LogP contribution is -1.98. The second-order valence-corrected chi connectivity index (χ2v) is 3.98. The molecule has 0 bridgehead atoms. The van der Waals surface area contributed by atoms with Crippen LogP contribution in [0.15, 0.2) is 30.7 Å². The highest BCUT2D eigenvalue weighted by Gasteiger charge is 2.11. The molecule has 3 heterocycles. The van der Waals surface area contributed by atoms with Crippen molar-refractivity contribution in [2.24, 2.45) is 0 Å². The maximum Gasteiger partial charge on any atom is 0.225 e. The van der Waals surface area contributed by atoms with Crippen molar-refractivity contribution in [2.75, 3.05) is 0 Å². The van der Waals surface area contributed by atoms with Crippen LogP contribution >= 0.6 is 23.2 Å². The Hall–Kier alpha value is -1.72. The standard InChI is InChI=1S/C10H5Cl2N5/c11-8-7-5-14-17(6-2-1-3-13-4-6)9(7)16-10(12)15-8/h1-5H. The first-order valence-corrected chi connectivity index (χ1v) is 5.48. The molecule has 0 unspecified atom stereocenters. The molecule has 5 nitrogen and oxygen atoms in total. The van der Waals surface area contributed by atoms with Crippen LogP contribution in [0.25, 0.3) is 16.7 Å². The number of hydrogen-bond donors (Lipinski definition) is 0. The van der Waals surface area contributed by atoms with Gasteiger partial charge >= 0.3 is 0 Å². The van der Waals surface area contributed by atoms with Crippen LogP contribution in [0.2, 0.25) is 10.4 Å². The predicted molar refractivity (Wildman–Crippen MR) is 64.5 cm³/mol. The minimum Gasteiger partial charge on any atom is -0.262 e. The maximum absolute atomic E-state index is 5.96. The van der Waals surface area contributed by atoms with Gasteiger partial charge in [0.15, 0.2) is 5.65 Å². The van der Waals surface area contributed by atoms with Crippen molar-refractivity contribution in [3.63, 3.8) is 0 Å². The zero-order valence-corrected chi connectivity index (χ0v) is 9.89. The van der Waals surface area contributed by atoms with E-state index in [1.807, 2.05) is 12.1 Å². The summed E-state index contributed by atoms with van der Waals surface area (Å²) in [4.78, 5) is 12.0. The Bertz CT molecular complexity index is 680. The third kappa shape index (κ3) is 1.73. The molecule has 0 amide bonds. The predicted octanol–water partition coefficient (Wildman–Crippen LogP) is 2.52. The minimum atomic E-state index is 0.0909. The second kappa shape index (κ2) is 3.94. The van der Waals surface area contributed by atoms with Crippen LogP contribution in [0.1, 0.15) is 0 Å². The van der Waals surface area contributed by atoms with Crippen molar-refractivity contribution in [3.8, 4) is 5.69 Å². The molecule has 0 aliphatic carbocycles. The number of rotatable bonds is 1. The van der Waals surface area contributed by atoms with Crippen LogP contribution in [0.4, 0.5) is 0 Å². The average Bonchev–Trinajstić information content (AvgIpc) is 2.74. The molecule has 0 atom stereocenters. The van der Waals surface area contributed by atoms with Crippen LogP contribution in [-0.2, 0) is 0 Å². The molecule has 0 aliphatic rings. The number of aromatic nitrogens is 5. The van der Waals surface area contributed by atoms with Crippen molar-refractivity contribution in [2.45, 2.75) is 0 Å². The number of nitrogens with zero attached hydrogens (tertiary/aromatic N) is 5. The molecule has 84 valence electrons. The van der Waals surface area contributed by atoms with E-state index < -0.39 is 0 Å². The van der Waals surface area contributed by atoms with Gasteiger partial charge in [-0.05, 0) is 23.7 Å². The molecule has 3 aromatic rings. The fraction of sp³-hybridized carbons (Fsp3) is 0. The summed E-state index contributed by atoms with van der Waals surface area (Å²) < 4.78 is 1.61. The van der Waals surface area contributed by atoms with Crippen LogP contribution in [0.5, 0.6) is 0 Å². The van der Waals surface area contributed by atoms with Gasteiger partial charge in [-0.15, -0.1) is 0 Å². The van der Waals surface area contributed by atoms with Gasteiger partial charge in [-0.25, -0.2) is 9.67 Å². The summed E-state index contributed by atoms with van der Waals surface area (Å²) in [7, 11) is 0. The van der Waals surface area contributed by atoms with Crippen molar-refractivity contribution >= 4 is 34.2 Å². The number of hydrogen-bond acceptors (Lipinski definition) is 4. The zero-order chi connectivity index (χ0) is 11.8. The van der Waals surface area contributed by atoms with Crippen molar-refractivity contribution < 1.29 is 0 Å². The molecule has 7 heteroatoms. The summed E-state index contributed by atoms with van der Waals surface area (Å²) in [5, 5.41) is 5.23. The third-order valence-electron chi connectivity index (χ3n) is 2.25. The first-order valence-electron chi connectivity index (χ1n) is 4.73. The highest BCUT2D eigenvalue weighted by atomic mass is 35.5. The van der Waals surface area contributed by atoms with E-state index in [0.29, 0.717) is 11.0 Å². The molecular formula is C10H5Cl2N5. The van der Waals surface area contributed by atoms with E-state index in [1.165, 1.54) is 0 Å². The Morgan fingerprint density at radius 2 is 2.00 bits per heavy atom. The summed E-state index contributed by atoms with van der Waals surface area (Å²) >= 11 is 11.7. The fourth-order valence-electron chi connectivity index (χ4n) is 1.52. The number of halogens is 2. The summed E-state index contributed by atoms with van der Waals surface area (Å²) in [6.45, 7) is 0. The summed E-state index contributed by atoms with van der Waals surface area (Å²) in [5.41, 5.74) is 1.34. The van der Waals surface area contributed by atoms with Gasteiger partial charge in [0.05, 0.1) is 23.5 Å². The van der Waals surface area contributed by atoms with E-state index in [4.69, 9.17) is 23.2 Å². The van der Waals surface area contributed by atoms with Gasteiger partial charge in [-0.2, -0.15) is 10.1 Å². The maximum atomic E-state index is 5.96. The molecule has 0 saturated carbocycles. The monoisotopic (exact) mass is 265 g/mol. The molecule has 0 saturated heterocycles. The summed E-state index contributed by atoms with van der Waals surface area (Å²) in [6, 6.07) is 3.68. The van der Waals surface area contributed by atoms with Crippen molar-refractivity contribution in [1.29, 1.82) is 0 Å². The van der Waals surface area contributed by atoms with Gasteiger partial charge in [-0.1, -0.05) is 11.6 Å². The summed E-state index contributed by atoms with van der Waals surface area (Å²) in [6.07, 6.45) is 4.96. The third-order valence-corrected chi connectivity index (χ3v) is 2.70. The largest absolute Gasteiger partial charge is 0.262 e. The minimum absolute atomic E-state index is 0.0909. The Morgan fingerprint density at radius 3 is 2.76 bits per heavy atom. The molecule has 17 heavy (non-hydrogen) atoms. The molecule has 0 aromatic carbocycles. The van der Waals surface area contributed by atoms with Crippen LogP contribution in [0.3, 0.4) is 0 Å². The normalized spacial score (nSPS) is 10.9. The van der Waals surface area contributed by atoms with Gasteiger partial charge < -0.3 is 0 Å². The Kier molecular flexibility index (Phi) is 2.42. The highest BCUT2D eigenvalue weighted by molar-refractivity contribution is 6.35. The first-order chi connectivity index (χ1) is 8.25. The van der Waals surface area contributed by atoms with E-state index in [9.17, 15) is 0 Å². The van der Waals surface area contributed by atoms with Crippen LogP contribution in [0, 0.1) is 0 Å². The van der Waals surface area contributed by atoms with Gasteiger partial charge in [-0.3, -0.25) is 4.98 Å². The van der Waals surface area contributed by atoms with Gasteiger partial charge in [0.2, 0.25) is 5.28 Å². The smallest absolute Gasteiger partial charge is 0.225 e. The van der Waals surface area contributed by atoms with E-state index in [2.05, 4.69) is 20.1 Å². The lowest BCUT2D eigenvalue weighted by molar-refractivity contribution is 0.888. The molecule has 0 spiro atoms. The van der Waals surface area contributed by atoms with Crippen LogP contribution in [-0.4, -0.2) is 24.7 Å². The Morgan fingerprint density at radius 1 is 1.12 bits per heavy atom. The number of pyridine rings is 1. The van der Waals surface area contributed by atoms with E-state index in [1.54, 1.807) is 23.3 Å². The van der Waals surface area contributed by atoms with Crippen LogP contribution < -0.4 is 0 Å². The zero-order valence-electron chi connectivity index (χ0n) is 8.38. The SMILES string of the molecule is Clc1nc(Cl)c2cnn(-c3cccnc3)c2n1. The lowest BCUT2D eigenvalue weighted by Gasteiger charge is -2.01. The molecule has 0 radical (unpaired) electrons. The average molecular weight is 266 g/mol. The van der Waals surface area contributed by atoms with Gasteiger partial charge in [0.1, 0.15) is 5.15 Å². The fourth-order valence-corrected chi connectivity index (χ4v) is 1.94. The van der Waals surface area contributed by atoms with Crippen molar-refractivity contribution in [3.05, 3.63) is 41.2 Å². The topological polar surface area (TPSA) is 56.5 Å². The molecule has 3 aromatic heterocycles. The van der Waals surface area contributed by atoms with E-state index in [-0.39, 0.29) is 10.4 Å². The molecule has 3 rings (SSSR count). The Balaban J connectivity index is 2.32. The number of fused-ring (bicyclic) bond motifs is 1. The highest BCUT2D eigenvalue weighted by Crippen LogP contribution is 2.23. The lowest BCUT2D eigenvalue weighted by atomic mass is 10.4. The molecule has 0 fully saturated rings. The van der Waals surface area contributed by atoms with E-state index in [0.717, 1.165) is 5.69 Å². The summed E-state index contributed by atoms with van der Waals surface area (Å²) in [5.74, 6) is 0. The second-order valence-electron chi connectivity index (χ2n) is 3.29. The molecule has 0 aliphatic heterocycles. The molecular weight excluding hydrogens is 261 g/mol. The van der Waals surface area contributed by atoms with Crippen molar-refractivity contribution in [1.82, 2.24) is 24.7 Å². The Labute approximate surface area is 106 Å². The quantitative estimate of drug-likeness (QED) is 0.501. The van der Waals surface area contributed by atoms with E-state index >= 15 is 0 Å². The van der Waals surface area contributed by atoms with Gasteiger partial charge in [0.25, 0.3) is 0 Å². The van der Waals surface area contributed by atoms with Gasteiger partial charge in [0, 0.05) is 6.20 Å². The first kappa shape index (κ1) is 10.4.